The second kappa shape index (κ2) is 8.92. The first-order valence-electron chi connectivity index (χ1n) is 10.1. The number of benzene rings is 3. The van der Waals surface area contributed by atoms with Crippen molar-refractivity contribution in [3.05, 3.63) is 89.5 Å². The van der Waals surface area contributed by atoms with Crippen molar-refractivity contribution < 1.29 is 22.7 Å². The number of amides is 1. The number of hydrogen-bond donors (Lipinski definition) is 1. The van der Waals surface area contributed by atoms with Crippen LogP contribution in [0.25, 0.3) is 0 Å². The Hall–Kier alpha value is -3.52. The molecule has 4 rings (SSSR count). The van der Waals surface area contributed by atoms with Gasteiger partial charge in [0.1, 0.15) is 6.54 Å². The van der Waals surface area contributed by atoms with Gasteiger partial charge in [0.2, 0.25) is 22.7 Å². The Bertz CT molecular complexity index is 1230. The fourth-order valence-electron chi connectivity index (χ4n) is 3.67. The molecule has 1 aliphatic heterocycles. The largest absolute Gasteiger partial charge is 0.454 e. The summed E-state index contributed by atoms with van der Waals surface area (Å²) in [6.45, 7) is 1.69. The molecule has 0 aliphatic carbocycles. The number of carbonyl (C=O) groups is 1. The Morgan fingerprint density at radius 1 is 1.00 bits per heavy atom. The van der Waals surface area contributed by atoms with E-state index in [4.69, 9.17) is 9.47 Å². The minimum absolute atomic E-state index is 0.0767. The minimum Gasteiger partial charge on any atom is -0.454 e. The third-order valence-corrected chi connectivity index (χ3v) is 6.41. The Morgan fingerprint density at radius 2 is 1.69 bits per heavy atom. The van der Waals surface area contributed by atoms with Crippen LogP contribution in [0.5, 0.6) is 11.5 Å². The van der Waals surface area contributed by atoms with E-state index in [-0.39, 0.29) is 13.3 Å². The summed E-state index contributed by atoms with van der Waals surface area (Å²) < 4.78 is 36.8. The van der Waals surface area contributed by atoms with Crippen molar-refractivity contribution in [1.29, 1.82) is 0 Å². The van der Waals surface area contributed by atoms with Gasteiger partial charge in [-0.25, -0.2) is 8.42 Å². The van der Waals surface area contributed by atoms with Crippen LogP contribution < -0.4 is 19.1 Å². The van der Waals surface area contributed by atoms with Gasteiger partial charge in [0, 0.05) is 6.07 Å². The molecule has 0 fully saturated rings. The lowest BCUT2D eigenvalue weighted by Crippen LogP contribution is -2.42. The molecule has 1 aliphatic rings. The molecule has 7 nitrogen and oxygen atoms in total. The first-order chi connectivity index (χ1) is 15.3. The zero-order chi connectivity index (χ0) is 22.7. The van der Waals surface area contributed by atoms with Crippen LogP contribution in [0.1, 0.15) is 22.7 Å². The number of anilines is 1. The second-order valence-corrected chi connectivity index (χ2v) is 9.48. The van der Waals surface area contributed by atoms with Gasteiger partial charge in [0.15, 0.2) is 11.5 Å². The van der Waals surface area contributed by atoms with E-state index in [9.17, 15) is 13.2 Å². The highest BCUT2D eigenvalue weighted by molar-refractivity contribution is 7.92. The molecule has 32 heavy (non-hydrogen) atoms. The fraction of sp³-hybridized carbons (Fsp3) is 0.208. The van der Waals surface area contributed by atoms with Crippen LogP contribution in [-0.2, 0) is 14.8 Å². The van der Waals surface area contributed by atoms with Crippen molar-refractivity contribution in [2.24, 2.45) is 0 Å². The van der Waals surface area contributed by atoms with Crippen molar-refractivity contribution in [3.8, 4) is 11.5 Å². The summed E-state index contributed by atoms with van der Waals surface area (Å²) in [7, 11) is -3.73. The summed E-state index contributed by atoms with van der Waals surface area (Å²) >= 11 is 0. The molecule has 0 bridgehead atoms. The summed E-state index contributed by atoms with van der Waals surface area (Å²) in [5, 5.41) is 3.01. The van der Waals surface area contributed by atoms with Crippen LogP contribution in [0.2, 0.25) is 0 Å². The molecule has 0 saturated heterocycles. The number of aryl methyl sites for hydroxylation is 1. The van der Waals surface area contributed by atoms with Gasteiger partial charge in [-0.05, 0) is 35.7 Å². The number of nitrogens with one attached hydrogen (secondary N) is 1. The smallest absolute Gasteiger partial charge is 0.241 e. The summed E-state index contributed by atoms with van der Waals surface area (Å²) in [5.74, 6) is 0.555. The summed E-state index contributed by atoms with van der Waals surface area (Å²) in [4.78, 5) is 13.1. The standard InChI is InChI=1S/C24H24N2O5S/c1-17-8-6-7-11-20(17)24(18-9-4-3-5-10-18)25-23(27)15-26(32(2,28)29)19-12-13-21-22(14-19)31-16-30-21/h3-14,24H,15-16H2,1-2H3,(H,25,27). The summed E-state index contributed by atoms with van der Waals surface area (Å²) in [6, 6.07) is 21.8. The van der Waals surface area contributed by atoms with E-state index < -0.39 is 22.0 Å². The maximum absolute atomic E-state index is 13.1. The monoisotopic (exact) mass is 452 g/mol. The predicted molar refractivity (Wildman–Crippen MR) is 122 cm³/mol. The van der Waals surface area contributed by atoms with E-state index in [0.29, 0.717) is 17.2 Å². The number of sulfonamides is 1. The number of ether oxygens (including phenoxy) is 2. The summed E-state index contributed by atoms with van der Waals surface area (Å²) in [5.41, 5.74) is 3.21. The van der Waals surface area contributed by atoms with Gasteiger partial charge >= 0.3 is 0 Å². The molecule has 0 saturated carbocycles. The van der Waals surface area contributed by atoms with Gasteiger partial charge in [0.25, 0.3) is 0 Å². The van der Waals surface area contributed by atoms with E-state index >= 15 is 0 Å². The van der Waals surface area contributed by atoms with Crippen LogP contribution >= 0.6 is 0 Å². The van der Waals surface area contributed by atoms with Crippen molar-refractivity contribution in [2.45, 2.75) is 13.0 Å². The topological polar surface area (TPSA) is 84.9 Å². The van der Waals surface area contributed by atoms with Crippen molar-refractivity contribution in [2.75, 3.05) is 23.9 Å². The highest BCUT2D eigenvalue weighted by atomic mass is 32.2. The number of carbonyl (C=O) groups excluding carboxylic acids is 1. The predicted octanol–water partition coefficient (Wildman–Crippen LogP) is 3.40. The quantitative estimate of drug-likeness (QED) is 0.594. The first-order valence-corrected chi connectivity index (χ1v) is 11.9. The third kappa shape index (κ3) is 4.70. The van der Waals surface area contributed by atoms with Crippen molar-refractivity contribution in [1.82, 2.24) is 5.32 Å². The fourth-order valence-corrected chi connectivity index (χ4v) is 4.52. The Balaban J connectivity index is 1.62. The molecule has 3 aromatic carbocycles. The van der Waals surface area contributed by atoms with Gasteiger partial charge in [-0.2, -0.15) is 0 Å². The van der Waals surface area contributed by atoms with Crippen LogP contribution in [-0.4, -0.2) is 33.9 Å². The molecule has 0 radical (unpaired) electrons. The van der Waals surface area contributed by atoms with E-state index in [1.807, 2.05) is 61.5 Å². The highest BCUT2D eigenvalue weighted by Gasteiger charge is 2.26. The van der Waals surface area contributed by atoms with E-state index in [2.05, 4.69) is 5.32 Å². The molecular weight excluding hydrogens is 428 g/mol. The van der Waals surface area contributed by atoms with E-state index in [1.165, 1.54) is 0 Å². The van der Waals surface area contributed by atoms with Crippen LogP contribution in [0.3, 0.4) is 0 Å². The van der Waals surface area contributed by atoms with E-state index in [0.717, 1.165) is 27.3 Å². The molecule has 8 heteroatoms. The highest BCUT2D eigenvalue weighted by Crippen LogP contribution is 2.36. The Labute approximate surface area is 187 Å². The van der Waals surface area contributed by atoms with Crippen LogP contribution in [0.15, 0.2) is 72.8 Å². The molecule has 1 heterocycles. The number of rotatable bonds is 7. The van der Waals surface area contributed by atoms with E-state index in [1.54, 1.807) is 18.2 Å². The third-order valence-electron chi connectivity index (χ3n) is 5.27. The molecule has 1 N–H and O–H groups in total. The molecule has 1 unspecified atom stereocenters. The van der Waals surface area contributed by atoms with Crippen LogP contribution in [0.4, 0.5) is 5.69 Å². The zero-order valence-electron chi connectivity index (χ0n) is 17.8. The van der Waals surface area contributed by atoms with Gasteiger partial charge in [-0.15, -0.1) is 0 Å². The molecule has 3 aromatic rings. The molecule has 166 valence electrons. The lowest BCUT2D eigenvalue weighted by atomic mass is 9.95. The molecule has 1 amide bonds. The number of hydrogen-bond acceptors (Lipinski definition) is 5. The number of fused-ring (bicyclic) bond motifs is 1. The lowest BCUT2D eigenvalue weighted by Gasteiger charge is -2.25. The zero-order valence-corrected chi connectivity index (χ0v) is 18.6. The van der Waals surface area contributed by atoms with Gasteiger partial charge < -0.3 is 14.8 Å². The summed E-state index contributed by atoms with van der Waals surface area (Å²) in [6.07, 6.45) is 1.07. The average molecular weight is 453 g/mol. The second-order valence-electron chi connectivity index (χ2n) is 7.57. The molecule has 0 spiro atoms. The maximum Gasteiger partial charge on any atom is 0.241 e. The minimum atomic E-state index is -3.73. The van der Waals surface area contributed by atoms with Gasteiger partial charge in [-0.3, -0.25) is 9.10 Å². The Kier molecular flexibility index (Phi) is 6.05. The van der Waals surface area contributed by atoms with Crippen molar-refractivity contribution in [3.63, 3.8) is 0 Å². The van der Waals surface area contributed by atoms with Gasteiger partial charge in [-0.1, -0.05) is 54.6 Å². The first kappa shape index (κ1) is 21.7. The normalized spacial score (nSPS) is 13.4. The maximum atomic E-state index is 13.1. The SMILES string of the molecule is Cc1ccccc1C(NC(=O)CN(c1ccc2c(c1)OCO2)S(C)(=O)=O)c1ccccc1. The average Bonchev–Trinajstić information content (AvgIpc) is 3.24. The number of nitrogens with zero attached hydrogens (tertiary/aromatic N) is 1. The van der Waals surface area contributed by atoms with Gasteiger partial charge in [0.05, 0.1) is 18.0 Å². The molecule has 0 aromatic heterocycles. The molecule has 1 atom stereocenters. The molecular formula is C24H24N2O5S. The van der Waals surface area contributed by atoms with Crippen molar-refractivity contribution >= 4 is 21.6 Å². The van der Waals surface area contributed by atoms with Crippen LogP contribution in [0, 0.1) is 6.92 Å². The Morgan fingerprint density at radius 3 is 2.41 bits per heavy atom. The lowest BCUT2D eigenvalue weighted by molar-refractivity contribution is -0.120.